The van der Waals surface area contributed by atoms with Crippen molar-refractivity contribution in [3.8, 4) is 0 Å². The number of carbonyl (C=O) groups excluding carboxylic acids is 2. The van der Waals surface area contributed by atoms with Gasteiger partial charge in [-0.05, 0) is 16.7 Å². The van der Waals surface area contributed by atoms with Crippen LogP contribution in [-0.4, -0.2) is 46.8 Å². The molecule has 2 atom stereocenters. The van der Waals surface area contributed by atoms with Crippen molar-refractivity contribution >= 4 is 24.2 Å². The Morgan fingerprint density at radius 2 is 1.91 bits per heavy atom. The van der Waals surface area contributed by atoms with Crippen molar-refractivity contribution in [3.05, 3.63) is 71.3 Å². The molecule has 0 spiro atoms. The lowest BCUT2D eigenvalue weighted by molar-refractivity contribution is -0.136. The second kappa shape index (κ2) is 10.9. The Labute approximate surface area is 185 Å². The molecule has 9 nitrogen and oxygen atoms in total. The Morgan fingerprint density at radius 3 is 2.56 bits per heavy atom. The molecule has 1 fully saturated rings. The van der Waals surface area contributed by atoms with Crippen LogP contribution in [0.2, 0.25) is 0 Å². The van der Waals surface area contributed by atoms with Gasteiger partial charge in [-0.15, -0.1) is 0 Å². The Bertz CT molecular complexity index is 962. The fraction of sp³-hybridized carbons (Fsp3) is 0.304. The van der Waals surface area contributed by atoms with E-state index in [-0.39, 0.29) is 31.3 Å². The van der Waals surface area contributed by atoms with Crippen molar-refractivity contribution < 1.29 is 24.2 Å². The Balaban J connectivity index is 1.76. The van der Waals surface area contributed by atoms with E-state index < -0.39 is 18.2 Å². The third kappa shape index (κ3) is 6.31. The SMILES string of the molecule is NN=Cc1ccc([C@H]2C[C@@H](CC(=O)NCCC(=O)O)OC(=O)N2Cc2ccccc2)cc1. The summed E-state index contributed by atoms with van der Waals surface area (Å²) in [6, 6.07) is 16.8. The van der Waals surface area contributed by atoms with Crippen LogP contribution in [0.1, 0.15) is 42.0 Å². The number of carbonyl (C=O) groups is 3. The molecule has 0 unspecified atom stereocenters. The van der Waals surface area contributed by atoms with Crippen LogP contribution in [0.15, 0.2) is 59.7 Å². The summed E-state index contributed by atoms with van der Waals surface area (Å²) < 4.78 is 5.56. The predicted octanol–water partition coefficient (Wildman–Crippen LogP) is 2.41. The van der Waals surface area contributed by atoms with E-state index >= 15 is 0 Å². The molecule has 0 bridgehead atoms. The lowest BCUT2D eigenvalue weighted by Gasteiger charge is -2.39. The lowest BCUT2D eigenvalue weighted by Crippen LogP contribution is -2.45. The zero-order chi connectivity index (χ0) is 22.9. The topological polar surface area (TPSA) is 134 Å². The zero-order valence-corrected chi connectivity index (χ0v) is 17.5. The molecule has 2 aromatic carbocycles. The average molecular weight is 438 g/mol. The normalized spacial score (nSPS) is 18.4. The van der Waals surface area contributed by atoms with Gasteiger partial charge in [-0.1, -0.05) is 54.6 Å². The maximum absolute atomic E-state index is 12.9. The van der Waals surface area contributed by atoms with E-state index in [1.54, 1.807) is 4.90 Å². The third-order valence-corrected chi connectivity index (χ3v) is 5.18. The van der Waals surface area contributed by atoms with Crippen molar-refractivity contribution in [2.75, 3.05) is 6.54 Å². The second-order valence-electron chi connectivity index (χ2n) is 7.51. The van der Waals surface area contributed by atoms with Crippen LogP contribution in [0.5, 0.6) is 0 Å². The van der Waals surface area contributed by atoms with Crippen molar-refractivity contribution in [2.45, 2.75) is 38.0 Å². The lowest BCUT2D eigenvalue weighted by atomic mass is 9.95. The van der Waals surface area contributed by atoms with Gasteiger partial charge in [0.05, 0.1) is 25.1 Å². The van der Waals surface area contributed by atoms with Crippen molar-refractivity contribution in [1.82, 2.24) is 10.2 Å². The summed E-state index contributed by atoms with van der Waals surface area (Å²) in [5, 5.41) is 14.8. The number of carboxylic acids is 1. The summed E-state index contributed by atoms with van der Waals surface area (Å²) in [6.07, 6.45) is 0.650. The first kappa shape index (κ1) is 22.8. The predicted molar refractivity (Wildman–Crippen MR) is 118 cm³/mol. The van der Waals surface area contributed by atoms with E-state index in [0.717, 1.165) is 16.7 Å². The van der Waals surface area contributed by atoms with Gasteiger partial charge in [0.25, 0.3) is 0 Å². The van der Waals surface area contributed by atoms with E-state index in [1.807, 2.05) is 54.6 Å². The van der Waals surface area contributed by atoms with Crippen LogP contribution in [0.25, 0.3) is 0 Å². The Morgan fingerprint density at radius 1 is 1.19 bits per heavy atom. The summed E-state index contributed by atoms with van der Waals surface area (Å²) in [6.45, 7) is 0.399. The molecule has 0 aromatic heterocycles. The van der Waals surface area contributed by atoms with Crippen LogP contribution in [0, 0.1) is 0 Å². The van der Waals surface area contributed by atoms with Gasteiger partial charge in [0.2, 0.25) is 5.91 Å². The van der Waals surface area contributed by atoms with Crippen molar-refractivity contribution in [2.24, 2.45) is 10.9 Å². The number of cyclic esters (lactones) is 1. The van der Waals surface area contributed by atoms with Gasteiger partial charge in [-0.2, -0.15) is 5.10 Å². The highest BCUT2D eigenvalue weighted by Crippen LogP contribution is 2.34. The largest absolute Gasteiger partial charge is 0.481 e. The van der Waals surface area contributed by atoms with E-state index in [4.69, 9.17) is 15.7 Å². The van der Waals surface area contributed by atoms with E-state index in [2.05, 4.69) is 10.4 Å². The molecule has 2 aromatic rings. The van der Waals surface area contributed by atoms with Crippen molar-refractivity contribution in [1.29, 1.82) is 0 Å². The molecule has 32 heavy (non-hydrogen) atoms. The van der Waals surface area contributed by atoms with Gasteiger partial charge in [-0.3, -0.25) is 14.5 Å². The molecular weight excluding hydrogens is 412 g/mol. The molecule has 9 heteroatoms. The van der Waals surface area contributed by atoms with Gasteiger partial charge < -0.3 is 21.0 Å². The molecule has 1 heterocycles. The first-order valence-electron chi connectivity index (χ1n) is 10.3. The zero-order valence-electron chi connectivity index (χ0n) is 17.5. The number of amides is 2. The number of benzene rings is 2. The number of carboxylic acid groups (broad SMARTS) is 1. The standard InChI is InChI=1S/C23H26N4O5/c24-26-14-16-6-8-18(9-7-16)20-12-19(13-21(28)25-11-10-22(29)30)32-23(31)27(20)15-17-4-2-1-3-5-17/h1-9,14,19-20H,10-13,15,24H2,(H,25,28)(H,29,30)/t19-,20+/m0/s1. The molecule has 0 radical (unpaired) electrons. The van der Waals surface area contributed by atoms with Crippen LogP contribution in [-0.2, 0) is 20.9 Å². The first-order valence-corrected chi connectivity index (χ1v) is 10.3. The van der Waals surface area contributed by atoms with Crippen LogP contribution < -0.4 is 11.2 Å². The Hall–Kier alpha value is -3.88. The molecule has 168 valence electrons. The summed E-state index contributed by atoms with van der Waals surface area (Å²) in [4.78, 5) is 37.4. The number of rotatable bonds is 9. The number of nitrogens with two attached hydrogens (primary N) is 1. The number of hydrogen-bond donors (Lipinski definition) is 3. The maximum Gasteiger partial charge on any atom is 0.410 e. The fourth-order valence-electron chi connectivity index (χ4n) is 3.64. The summed E-state index contributed by atoms with van der Waals surface area (Å²) in [5.41, 5.74) is 2.70. The fourth-order valence-corrected chi connectivity index (χ4v) is 3.64. The number of nitrogens with one attached hydrogen (secondary N) is 1. The first-order chi connectivity index (χ1) is 15.5. The van der Waals surface area contributed by atoms with E-state index in [0.29, 0.717) is 13.0 Å². The number of hydrogen-bond acceptors (Lipinski definition) is 6. The van der Waals surface area contributed by atoms with Gasteiger partial charge in [-0.25, -0.2) is 4.79 Å². The minimum Gasteiger partial charge on any atom is -0.481 e. The number of hydrazone groups is 1. The smallest absolute Gasteiger partial charge is 0.410 e. The monoisotopic (exact) mass is 438 g/mol. The van der Waals surface area contributed by atoms with E-state index in [9.17, 15) is 14.4 Å². The van der Waals surface area contributed by atoms with Crippen molar-refractivity contribution in [3.63, 3.8) is 0 Å². The van der Waals surface area contributed by atoms with Gasteiger partial charge >= 0.3 is 12.1 Å². The molecule has 0 saturated carbocycles. The van der Waals surface area contributed by atoms with Crippen LogP contribution >= 0.6 is 0 Å². The van der Waals surface area contributed by atoms with Crippen LogP contribution in [0.3, 0.4) is 0 Å². The minimum absolute atomic E-state index is 0.0288. The van der Waals surface area contributed by atoms with Gasteiger partial charge in [0, 0.05) is 19.5 Å². The van der Waals surface area contributed by atoms with Crippen LogP contribution in [0.4, 0.5) is 4.79 Å². The quantitative estimate of drug-likeness (QED) is 0.313. The number of aliphatic carboxylic acids is 1. The second-order valence-corrected chi connectivity index (χ2v) is 7.51. The van der Waals surface area contributed by atoms with Gasteiger partial charge in [0.15, 0.2) is 0 Å². The highest BCUT2D eigenvalue weighted by molar-refractivity contribution is 5.79. The molecule has 4 N–H and O–H groups in total. The molecule has 0 aliphatic carbocycles. The summed E-state index contributed by atoms with van der Waals surface area (Å²) in [5.74, 6) is 3.87. The maximum atomic E-state index is 12.9. The molecular formula is C23H26N4O5. The van der Waals surface area contributed by atoms with E-state index in [1.165, 1.54) is 6.21 Å². The Kier molecular flexibility index (Phi) is 7.80. The number of ether oxygens (including phenoxy) is 1. The average Bonchev–Trinajstić information content (AvgIpc) is 2.77. The summed E-state index contributed by atoms with van der Waals surface area (Å²) in [7, 11) is 0. The van der Waals surface area contributed by atoms with Gasteiger partial charge in [0.1, 0.15) is 6.10 Å². The summed E-state index contributed by atoms with van der Waals surface area (Å²) >= 11 is 0. The highest BCUT2D eigenvalue weighted by atomic mass is 16.6. The highest BCUT2D eigenvalue weighted by Gasteiger charge is 2.37. The molecule has 1 aliphatic heterocycles. The third-order valence-electron chi connectivity index (χ3n) is 5.18. The molecule has 2 amide bonds. The number of nitrogens with zero attached hydrogens (tertiary/aromatic N) is 2. The minimum atomic E-state index is -0.992. The molecule has 1 aliphatic rings. The molecule has 3 rings (SSSR count). The molecule has 1 saturated heterocycles.